The average Bonchev–Trinajstić information content (AvgIpc) is 2.75. The highest BCUT2D eigenvalue weighted by Crippen LogP contribution is 2.20. The topological polar surface area (TPSA) is 70.7 Å². The molecule has 2 unspecified atom stereocenters. The number of carbonyl (C=O) groups excluding carboxylic acids is 2. The molecule has 2 N–H and O–H groups in total. The monoisotopic (exact) mass is 399 g/mol. The number of ether oxygens (including phenoxy) is 1. The Morgan fingerprint density at radius 2 is 1.97 bits per heavy atom. The normalized spacial score (nSPS) is 18.7. The van der Waals surface area contributed by atoms with E-state index in [-0.39, 0.29) is 18.0 Å². The second-order valence-electron chi connectivity index (χ2n) is 7.29. The van der Waals surface area contributed by atoms with E-state index < -0.39 is 5.97 Å². The van der Waals surface area contributed by atoms with Crippen molar-refractivity contribution in [3.63, 3.8) is 0 Å². The summed E-state index contributed by atoms with van der Waals surface area (Å²) in [6, 6.07) is 13.1. The maximum atomic E-state index is 13.0. The molecule has 1 fully saturated rings. The predicted octanol–water partition coefficient (Wildman–Crippen LogP) is 3.33. The maximum Gasteiger partial charge on any atom is 0.337 e. The van der Waals surface area contributed by atoms with Gasteiger partial charge in [0.15, 0.2) is 0 Å². The molecule has 0 radical (unpaired) electrons. The Morgan fingerprint density at radius 1 is 1.21 bits per heavy atom. The lowest BCUT2D eigenvalue weighted by Gasteiger charge is -2.32. The molecule has 154 valence electrons. The summed E-state index contributed by atoms with van der Waals surface area (Å²) in [5.41, 5.74) is 2.12. The molecule has 0 aliphatic carbocycles. The SMILES string of the molecule is COC(=O)c1cccc(N(C)C(=O)NC2CCC(Cc3ccc(F)cc3)CN2)c1. The molecular weight excluding hydrogens is 373 g/mol. The molecule has 0 bridgehead atoms. The highest BCUT2D eigenvalue weighted by atomic mass is 19.1. The second-order valence-corrected chi connectivity index (χ2v) is 7.29. The fourth-order valence-corrected chi connectivity index (χ4v) is 3.49. The van der Waals surface area contributed by atoms with E-state index in [4.69, 9.17) is 4.74 Å². The van der Waals surface area contributed by atoms with Crippen molar-refractivity contribution in [2.75, 3.05) is 25.6 Å². The van der Waals surface area contributed by atoms with E-state index in [2.05, 4.69) is 10.6 Å². The fraction of sp³-hybridized carbons (Fsp3) is 0.364. The van der Waals surface area contributed by atoms with Crippen molar-refractivity contribution in [2.24, 2.45) is 5.92 Å². The molecule has 1 heterocycles. The number of urea groups is 1. The molecule has 2 amide bonds. The molecule has 2 aromatic carbocycles. The molecule has 1 aliphatic rings. The molecule has 3 rings (SSSR count). The van der Waals surface area contributed by atoms with Gasteiger partial charge < -0.3 is 10.1 Å². The summed E-state index contributed by atoms with van der Waals surface area (Å²) in [5.74, 6) is -0.218. The van der Waals surface area contributed by atoms with Gasteiger partial charge in [-0.3, -0.25) is 10.2 Å². The van der Waals surface area contributed by atoms with Gasteiger partial charge in [-0.25, -0.2) is 14.0 Å². The zero-order valence-electron chi connectivity index (χ0n) is 16.7. The first kappa shape index (κ1) is 20.8. The number of hydrogen-bond donors (Lipinski definition) is 2. The zero-order chi connectivity index (χ0) is 20.8. The third-order valence-electron chi connectivity index (χ3n) is 5.21. The lowest BCUT2D eigenvalue weighted by molar-refractivity contribution is 0.0600. The van der Waals surface area contributed by atoms with Crippen molar-refractivity contribution in [1.29, 1.82) is 0 Å². The molecule has 0 spiro atoms. The van der Waals surface area contributed by atoms with Gasteiger partial charge in [-0.15, -0.1) is 0 Å². The first-order valence-electron chi connectivity index (χ1n) is 9.66. The van der Waals surface area contributed by atoms with Gasteiger partial charge >= 0.3 is 12.0 Å². The van der Waals surface area contributed by atoms with Gasteiger partial charge in [0, 0.05) is 19.3 Å². The van der Waals surface area contributed by atoms with Crippen molar-refractivity contribution >= 4 is 17.7 Å². The molecule has 6 nitrogen and oxygen atoms in total. The number of esters is 1. The van der Waals surface area contributed by atoms with E-state index in [1.54, 1.807) is 31.3 Å². The summed E-state index contributed by atoms with van der Waals surface area (Å²) >= 11 is 0. The van der Waals surface area contributed by atoms with Crippen molar-refractivity contribution in [1.82, 2.24) is 10.6 Å². The van der Waals surface area contributed by atoms with E-state index in [0.717, 1.165) is 31.4 Å². The number of rotatable bonds is 5. The van der Waals surface area contributed by atoms with Gasteiger partial charge in [0.25, 0.3) is 0 Å². The largest absolute Gasteiger partial charge is 0.465 e. The van der Waals surface area contributed by atoms with Gasteiger partial charge in [-0.2, -0.15) is 0 Å². The number of anilines is 1. The van der Waals surface area contributed by atoms with Crippen molar-refractivity contribution in [3.05, 3.63) is 65.5 Å². The Labute approximate surface area is 170 Å². The molecule has 0 saturated carbocycles. The minimum absolute atomic E-state index is 0.113. The number of nitrogens with one attached hydrogen (secondary N) is 2. The third-order valence-corrected chi connectivity index (χ3v) is 5.21. The van der Waals surface area contributed by atoms with Crippen LogP contribution in [0.25, 0.3) is 0 Å². The highest BCUT2D eigenvalue weighted by molar-refractivity contribution is 5.95. The molecule has 1 aliphatic heterocycles. The van der Waals surface area contributed by atoms with Crippen LogP contribution >= 0.6 is 0 Å². The first-order valence-corrected chi connectivity index (χ1v) is 9.66. The predicted molar refractivity (Wildman–Crippen MR) is 109 cm³/mol. The van der Waals surface area contributed by atoms with Gasteiger partial charge in [-0.05, 0) is 61.1 Å². The van der Waals surface area contributed by atoms with Crippen LogP contribution in [0.5, 0.6) is 0 Å². The summed E-state index contributed by atoms with van der Waals surface area (Å²) < 4.78 is 17.8. The number of nitrogens with zero attached hydrogens (tertiary/aromatic N) is 1. The molecule has 2 aromatic rings. The number of amides is 2. The molecule has 1 saturated heterocycles. The Kier molecular flexibility index (Phi) is 6.82. The number of carbonyl (C=O) groups is 2. The Hall–Kier alpha value is -2.93. The molecular formula is C22H26FN3O3. The number of halogens is 1. The van der Waals surface area contributed by atoms with Crippen LogP contribution in [0.1, 0.15) is 28.8 Å². The van der Waals surface area contributed by atoms with Gasteiger partial charge in [0.2, 0.25) is 0 Å². The van der Waals surface area contributed by atoms with E-state index in [1.165, 1.54) is 24.1 Å². The lowest BCUT2D eigenvalue weighted by Crippen LogP contribution is -2.53. The minimum atomic E-state index is -0.443. The molecule has 29 heavy (non-hydrogen) atoms. The summed E-state index contributed by atoms with van der Waals surface area (Å²) in [6.07, 6.45) is 2.55. The molecule has 2 atom stereocenters. The van der Waals surface area contributed by atoms with Crippen LogP contribution < -0.4 is 15.5 Å². The third kappa shape index (κ3) is 5.54. The Balaban J connectivity index is 1.50. The Morgan fingerprint density at radius 3 is 2.62 bits per heavy atom. The van der Waals surface area contributed by atoms with Crippen LogP contribution in [-0.4, -0.2) is 38.9 Å². The van der Waals surface area contributed by atoms with Crippen LogP contribution in [0, 0.1) is 11.7 Å². The van der Waals surface area contributed by atoms with Crippen molar-refractivity contribution < 1.29 is 18.7 Å². The smallest absolute Gasteiger partial charge is 0.337 e. The number of benzene rings is 2. The van der Waals surface area contributed by atoms with Crippen molar-refractivity contribution in [3.8, 4) is 0 Å². The van der Waals surface area contributed by atoms with Crippen LogP contribution in [0.15, 0.2) is 48.5 Å². The van der Waals surface area contributed by atoms with E-state index in [1.807, 2.05) is 12.1 Å². The molecule has 7 heteroatoms. The molecule has 0 aromatic heterocycles. The van der Waals surface area contributed by atoms with Gasteiger partial charge in [-0.1, -0.05) is 18.2 Å². The van der Waals surface area contributed by atoms with Crippen molar-refractivity contribution in [2.45, 2.75) is 25.4 Å². The standard InChI is InChI=1S/C22H26FN3O3/c1-26(19-5-3-4-17(13-19)21(27)29-2)22(28)25-20-11-8-16(14-24-20)12-15-6-9-18(23)10-7-15/h3-7,9-10,13,16,20,24H,8,11-12,14H2,1-2H3,(H,25,28). The summed E-state index contributed by atoms with van der Waals surface area (Å²) in [6.45, 7) is 0.782. The van der Waals surface area contributed by atoms with Crippen LogP contribution in [-0.2, 0) is 11.2 Å². The van der Waals surface area contributed by atoms with Crippen LogP contribution in [0.4, 0.5) is 14.9 Å². The Bertz CT molecular complexity index is 849. The van der Waals surface area contributed by atoms with E-state index >= 15 is 0 Å². The van der Waals surface area contributed by atoms with Crippen LogP contribution in [0.3, 0.4) is 0 Å². The van der Waals surface area contributed by atoms with E-state index in [9.17, 15) is 14.0 Å². The quantitative estimate of drug-likeness (QED) is 0.757. The minimum Gasteiger partial charge on any atom is -0.465 e. The summed E-state index contributed by atoms with van der Waals surface area (Å²) in [7, 11) is 2.98. The number of piperidine rings is 1. The lowest BCUT2D eigenvalue weighted by atomic mass is 9.91. The average molecular weight is 399 g/mol. The van der Waals surface area contributed by atoms with E-state index in [0.29, 0.717) is 17.2 Å². The summed E-state index contributed by atoms with van der Waals surface area (Å²) in [5, 5.41) is 6.35. The number of methoxy groups -OCH3 is 1. The first-order chi connectivity index (χ1) is 14.0. The van der Waals surface area contributed by atoms with Crippen LogP contribution in [0.2, 0.25) is 0 Å². The van der Waals surface area contributed by atoms with Gasteiger partial charge in [0.1, 0.15) is 5.82 Å². The summed E-state index contributed by atoms with van der Waals surface area (Å²) in [4.78, 5) is 25.7. The second kappa shape index (κ2) is 9.52. The zero-order valence-corrected chi connectivity index (χ0v) is 16.7. The highest BCUT2D eigenvalue weighted by Gasteiger charge is 2.23. The van der Waals surface area contributed by atoms with Gasteiger partial charge in [0.05, 0.1) is 18.8 Å². The maximum absolute atomic E-state index is 13.0. The fourth-order valence-electron chi connectivity index (χ4n) is 3.49. The number of hydrogen-bond acceptors (Lipinski definition) is 4.